The second-order valence-corrected chi connectivity index (χ2v) is 5.08. The maximum absolute atomic E-state index is 13.4. The normalized spacial score (nSPS) is 18.3. The lowest BCUT2D eigenvalue weighted by Gasteiger charge is -2.03. The lowest BCUT2D eigenvalue weighted by atomic mass is 10.2. The van der Waals surface area contributed by atoms with E-state index in [0.29, 0.717) is 9.23 Å². The number of hydrogen-bond acceptors (Lipinski definition) is 3. The first-order valence-corrected chi connectivity index (χ1v) is 5.88. The smallest absolute Gasteiger partial charge is 0.265 e. The van der Waals surface area contributed by atoms with Crippen molar-refractivity contribution < 1.29 is 13.6 Å². The van der Waals surface area contributed by atoms with E-state index in [-0.39, 0.29) is 11.5 Å². The van der Waals surface area contributed by atoms with Crippen LogP contribution in [0.4, 0.5) is 8.78 Å². The summed E-state index contributed by atoms with van der Waals surface area (Å²) in [6, 6.07) is 3.20. The second-order valence-electron chi connectivity index (χ2n) is 3.41. The van der Waals surface area contributed by atoms with Crippen LogP contribution in [0.25, 0.3) is 6.08 Å². The molecule has 0 atom stereocenters. The number of nitrogens with zero attached hydrogens (tertiary/aromatic N) is 1. The zero-order valence-corrected chi connectivity index (χ0v) is 10.4. The largest absolute Gasteiger partial charge is 0.296 e. The summed E-state index contributed by atoms with van der Waals surface area (Å²) in [5.41, 5.74) is 0.167. The minimum atomic E-state index is -0.702. The highest BCUT2D eigenvalue weighted by Gasteiger charge is 2.28. The molecule has 1 aromatic rings. The molecule has 0 spiro atoms. The Labute approximate surface area is 106 Å². The number of hydrogen-bond donors (Lipinski definition) is 0. The Kier molecular flexibility index (Phi) is 3.26. The fraction of sp³-hybridized carbons (Fsp3) is 0.0909. The van der Waals surface area contributed by atoms with Gasteiger partial charge in [-0.2, -0.15) is 0 Å². The van der Waals surface area contributed by atoms with E-state index >= 15 is 0 Å². The van der Waals surface area contributed by atoms with E-state index in [1.54, 1.807) is 7.05 Å². The van der Waals surface area contributed by atoms with Gasteiger partial charge in [-0.3, -0.25) is 9.69 Å². The highest BCUT2D eigenvalue weighted by atomic mass is 32.2. The SMILES string of the molecule is CN1C(=O)/C(=C\c2ccc(F)cc2F)SC1=S. The highest BCUT2D eigenvalue weighted by Crippen LogP contribution is 2.31. The van der Waals surface area contributed by atoms with Crippen molar-refractivity contribution in [2.24, 2.45) is 0 Å². The molecule has 0 N–H and O–H groups in total. The molecule has 0 saturated carbocycles. The van der Waals surface area contributed by atoms with Crippen molar-refractivity contribution in [3.63, 3.8) is 0 Å². The molecule has 0 unspecified atom stereocenters. The van der Waals surface area contributed by atoms with Gasteiger partial charge in [-0.1, -0.05) is 24.0 Å². The molecular formula is C11H7F2NOS2. The van der Waals surface area contributed by atoms with Crippen LogP contribution in [-0.4, -0.2) is 22.2 Å². The van der Waals surface area contributed by atoms with E-state index in [1.165, 1.54) is 17.0 Å². The summed E-state index contributed by atoms with van der Waals surface area (Å²) in [6.45, 7) is 0. The Morgan fingerprint density at radius 1 is 1.41 bits per heavy atom. The molecule has 88 valence electrons. The lowest BCUT2D eigenvalue weighted by Crippen LogP contribution is -2.22. The Balaban J connectivity index is 2.37. The van der Waals surface area contributed by atoms with Gasteiger partial charge in [0, 0.05) is 18.7 Å². The Morgan fingerprint density at radius 2 is 2.12 bits per heavy atom. The molecule has 1 amide bonds. The molecule has 0 bridgehead atoms. The molecule has 2 rings (SSSR count). The monoisotopic (exact) mass is 271 g/mol. The van der Waals surface area contributed by atoms with Crippen molar-refractivity contribution in [1.82, 2.24) is 4.90 Å². The van der Waals surface area contributed by atoms with Crippen molar-refractivity contribution in [3.8, 4) is 0 Å². The fourth-order valence-electron chi connectivity index (χ4n) is 1.31. The van der Waals surface area contributed by atoms with Gasteiger partial charge in [0.15, 0.2) is 0 Å². The Morgan fingerprint density at radius 3 is 2.65 bits per heavy atom. The molecule has 6 heteroatoms. The van der Waals surface area contributed by atoms with Crippen molar-refractivity contribution in [2.45, 2.75) is 0 Å². The van der Waals surface area contributed by atoms with E-state index in [4.69, 9.17) is 12.2 Å². The van der Waals surface area contributed by atoms with E-state index in [0.717, 1.165) is 23.9 Å². The molecular weight excluding hydrogens is 264 g/mol. The summed E-state index contributed by atoms with van der Waals surface area (Å²) in [4.78, 5) is 13.3. The van der Waals surface area contributed by atoms with Crippen molar-refractivity contribution in [2.75, 3.05) is 7.05 Å². The van der Waals surface area contributed by atoms with Crippen LogP contribution < -0.4 is 0 Å². The molecule has 0 radical (unpaired) electrons. The maximum atomic E-state index is 13.4. The number of benzene rings is 1. The number of halogens is 2. The van der Waals surface area contributed by atoms with Crippen LogP contribution in [0.5, 0.6) is 0 Å². The standard InChI is InChI=1S/C11H7F2NOS2/c1-14-10(15)9(17-11(14)16)4-6-2-3-7(12)5-8(6)13/h2-5H,1H3/b9-4+. The summed E-state index contributed by atoms with van der Waals surface area (Å²) in [5.74, 6) is -1.63. The quantitative estimate of drug-likeness (QED) is 0.578. The number of amides is 1. The first-order chi connectivity index (χ1) is 7.99. The van der Waals surface area contributed by atoms with Crippen LogP contribution in [0, 0.1) is 11.6 Å². The van der Waals surface area contributed by atoms with Crippen LogP contribution >= 0.6 is 24.0 Å². The second kappa shape index (κ2) is 4.54. The summed E-state index contributed by atoms with van der Waals surface area (Å²) in [5, 5.41) is 0. The molecule has 0 aliphatic carbocycles. The van der Waals surface area contributed by atoms with Crippen LogP contribution in [0.15, 0.2) is 23.1 Å². The van der Waals surface area contributed by atoms with Crippen molar-refractivity contribution in [1.29, 1.82) is 0 Å². The minimum absolute atomic E-state index is 0.167. The molecule has 1 aliphatic heterocycles. The Hall–Kier alpha value is -1.27. The summed E-state index contributed by atoms with van der Waals surface area (Å²) < 4.78 is 26.5. The summed E-state index contributed by atoms with van der Waals surface area (Å²) in [6.07, 6.45) is 1.37. The number of carbonyl (C=O) groups excluding carboxylic acids is 1. The molecule has 1 heterocycles. The van der Waals surface area contributed by atoms with Gasteiger partial charge >= 0.3 is 0 Å². The van der Waals surface area contributed by atoms with E-state index in [1.807, 2.05) is 0 Å². The third-order valence-corrected chi connectivity index (χ3v) is 3.72. The van der Waals surface area contributed by atoms with Crippen LogP contribution in [0.3, 0.4) is 0 Å². The van der Waals surface area contributed by atoms with Gasteiger partial charge in [0.1, 0.15) is 16.0 Å². The number of thioether (sulfide) groups is 1. The summed E-state index contributed by atoms with van der Waals surface area (Å²) in [7, 11) is 1.56. The molecule has 1 aromatic carbocycles. The van der Waals surface area contributed by atoms with E-state index in [9.17, 15) is 13.6 Å². The third-order valence-electron chi connectivity index (χ3n) is 2.24. The van der Waals surface area contributed by atoms with Gasteiger partial charge in [0.2, 0.25) is 0 Å². The fourth-order valence-corrected chi connectivity index (χ4v) is 2.48. The highest BCUT2D eigenvalue weighted by molar-refractivity contribution is 8.26. The van der Waals surface area contributed by atoms with Crippen LogP contribution in [-0.2, 0) is 4.79 Å². The molecule has 1 aliphatic rings. The predicted octanol–water partition coefficient (Wildman–Crippen LogP) is 2.80. The van der Waals surface area contributed by atoms with E-state index < -0.39 is 11.6 Å². The molecule has 0 aromatic heterocycles. The number of carbonyl (C=O) groups is 1. The lowest BCUT2D eigenvalue weighted by molar-refractivity contribution is -0.121. The zero-order valence-electron chi connectivity index (χ0n) is 8.74. The molecule has 1 fully saturated rings. The van der Waals surface area contributed by atoms with Crippen molar-refractivity contribution in [3.05, 3.63) is 40.3 Å². The molecule has 17 heavy (non-hydrogen) atoms. The molecule has 1 saturated heterocycles. The van der Waals surface area contributed by atoms with Gasteiger partial charge in [0.05, 0.1) is 4.91 Å². The average Bonchev–Trinajstić information content (AvgIpc) is 2.50. The minimum Gasteiger partial charge on any atom is -0.296 e. The average molecular weight is 271 g/mol. The first kappa shape index (κ1) is 12.2. The number of likely N-dealkylation sites (N-methyl/N-ethyl adjacent to an activating group) is 1. The molecule has 2 nitrogen and oxygen atoms in total. The topological polar surface area (TPSA) is 20.3 Å². The van der Waals surface area contributed by atoms with Gasteiger partial charge in [-0.15, -0.1) is 0 Å². The zero-order chi connectivity index (χ0) is 12.6. The maximum Gasteiger partial charge on any atom is 0.265 e. The number of rotatable bonds is 1. The van der Waals surface area contributed by atoms with Gasteiger partial charge in [-0.05, 0) is 18.2 Å². The van der Waals surface area contributed by atoms with Gasteiger partial charge in [-0.25, -0.2) is 8.78 Å². The van der Waals surface area contributed by atoms with Gasteiger partial charge < -0.3 is 0 Å². The first-order valence-electron chi connectivity index (χ1n) is 4.65. The predicted molar refractivity (Wildman–Crippen MR) is 67.3 cm³/mol. The van der Waals surface area contributed by atoms with Crippen molar-refractivity contribution >= 4 is 40.3 Å². The van der Waals surface area contributed by atoms with Crippen LogP contribution in [0.1, 0.15) is 5.56 Å². The third kappa shape index (κ3) is 2.37. The Bertz CT molecular complexity index is 542. The van der Waals surface area contributed by atoms with E-state index in [2.05, 4.69) is 0 Å². The van der Waals surface area contributed by atoms with Gasteiger partial charge in [0.25, 0.3) is 5.91 Å². The summed E-state index contributed by atoms with van der Waals surface area (Å²) >= 11 is 6.04. The van der Waals surface area contributed by atoms with Crippen LogP contribution in [0.2, 0.25) is 0 Å². The number of thiocarbonyl (C=S) groups is 1.